The van der Waals surface area contributed by atoms with Gasteiger partial charge in [-0.3, -0.25) is 4.68 Å². The van der Waals surface area contributed by atoms with Crippen LogP contribution in [0.15, 0.2) is 36.7 Å². The highest BCUT2D eigenvalue weighted by Crippen LogP contribution is 2.26. The minimum atomic E-state index is 0.229. The lowest BCUT2D eigenvalue weighted by Gasteiger charge is -2.06. The van der Waals surface area contributed by atoms with Crippen LogP contribution >= 0.6 is 0 Å². The summed E-state index contributed by atoms with van der Waals surface area (Å²) < 4.78 is 3.68. The van der Waals surface area contributed by atoms with Crippen LogP contribution in [0.3, 0.4) is 0 Å². The van der Waals surface area contributed by atoms with Gasteiger partial charge in [0, 0.05) is 17.6 Å². The Balaban J connectivity index is 1.70. The molecular weight excluding hydrogens is 328 g/mol. The molecule has 26 heavy (non-hydrogen) atoms. The maximum Gasteiger partial charge on any atom is 0.221 e. The SMILES string of the molecule is Cc1cccc2c(-c3cn(Cc4ccn(C(C)C)n4)nn3)nc(N)nc12. The molecule has 0 spiro atoms. The summed E-state index contributed by atoms with van der Waals surface area (Å²) in [5.41, 5.74) is 10.1. The second-order valence-corrected chi connectivity index (χ2v) is 6.58. The summed E-state index contributed by atoms with van der Waals surface area (Å²) in [6.45, 7) is 6.73. The first-order chi connectivity index (χ1) is 12.5. The second kappa shape index (κ2) is 6.21. The Hall–Kier alpha value is -3.29. The Morgan fingerprint density at radius 3 is 2.77 bits per heavy atom. The van der Waals surface area contributed by atoms with Crippen molar-refractivity contribution in [1.82, 2.24) is 34.7 Å². The highest BCUT2D eigenvalue weighted by molar-refractivity contribution is 5.93. The zero-order valence-electron chi connectivity index (χ0n) is 15.0. The molecule has 3 aromatic heterocycles. The van der Waals surface area contributed by atoms with Crippen LogP contribution in [0.25, 0.3) is 22.3 Å². The first-order valence-corrected chi connectivity index (χ1v) is 8.48. The summed E-state index contributed by atoms with van der Waals surface area (Å²) in [4.78, 5) is 8.75. The number of hydrogen-bond donors (Lipinski definition) is 1. The number of nitrogens with two attached hydrogens (primary N) is 1. The number of nitrogens with zero attached hydrogens (tertiary/aromatic N) is 7. The molecule has 0 fully saturated rings. The lowest BCUT2D eigenvalue weighted by molar-refractivity contribution is 0.519. The van der Waals surface area contributed by atoms with Crippen LogP contribution in [-0.4, -0.2) is 34.7 Å². The van der Waals surface area contributed by atoms with E-state index in [1.807, 2.05) is 48.3 Å². The lowest BCUT2D eigenvalue weighted by Crippen LogP contribution is -2.05. The van der Waals surface area contributed by atoms with E-state index in [9.17, 15) is 0 Å². The Bertz CT molecular complexity index is 1080. The molecule has 4 rings (SSSR count). The minimum absolute atomic E-state index is 0.229. The van der Waals surface area contributed by atoms with Crippen molar-refractivity contribution < 1.29 is 0 Å². The van der Waals surface area contributed by atoms with Crippen molar-refractivity contribution >= 4 is 16.9 Å². The van der Waals surface area contributed by atoms with E-state index in [2.05, 4.69) is 39.2 Å². The molecule has 8 nitrogen and oxygen atoms in total. The molecule has 2 N–H and O–H groups in total. The van der Waals surface area contributed by atoms with Crippen LogP contribution in [0.2, 0.25) is 0 Å². The van der Waals surface area contributed by atoms with Crippen molar-refractivity contribution in [3.63, 3.8) is 0 Å². The maximum atomic E-state index is 5.90. The molecule has 132 valence electrons. The Labute approximate surface area is 150 Å². The van der Waals surface area contributed by atoms with Crippen LogP contribution in [0.4, 0.5) is 5.95 Å². The third-order valence-electron chi connectivity index (χ3n) is 4.24. The van der Waals surface area contributed by atoms with Crippen molar-refractivity contribution in [1.29, 1.82) is 0 Å². The van der Waals surface area contributed by atoms with Gasteiger partial charge < -0.3 is 5.73 Å². The molecule has 3 heterocycles. The Morgan fingerprint density at radius 2 is 2.00 bits per heavy atom. The average molecular weight is 348 g/mol. The fraction of sp³-hybridized carbons (Fsp3) is 0.278. The monoisotopic (exact) mass is 348 g/mol. The van der Waals surface area contributed by atoms with Crippen LogP contribution in [0.1, 0.15) is 31.1 Å². The molecule has 0 amide bonds. The molecule has 0 saturated heterocycles. The summed E-state index contributed by atoms with van der Waals surface area (Å²) in [5.74, 6) is 0.229. The van der Waals surface area contributed by atoms with E-state index in [4.69, 9.17) is 5.73 Å². The summed E-state index contributed by atoms with van der Waals surface area (Å²) in [6.07, 6.45) is 3.83. The number of aromatic nitrogens is 7. The van der Waals surface area contributed by atoms with Gasteiger partial charge in [-0.25, -0.2) is 14.6 Å². The first-order valence-electron chi connectivity index (χ1n) is 8.48. The third kappa shape index (κ3) is 2.90. The summed E-state index contributed by atoms with van der Waals surface area (Å²) in [5, 5.41) is 14.0. The fourth-order valence-electron chi connectivity index (χ4n) is 2.91. The molecule has 8 heteroatoms. The van der Waals surface area contributed by atoms with Crippen LogP contribution in [0, 0.1) is 6.92 Å². The van der Waals surface area contributed by atoms with Crippen molar-refractivity contribution in [3.05, 3.63) is 47.9 Å². The number of anilines is 1. The van der Waals surface area contributed by atoms with Gasteiger partial charge in [-0.15, -0.1) is 5.10 Å². The van der Waals surface area contributed by atoms with Gasteiger partial charge in [0.15, 0.2) is 0 Å². The maximum absolute atomic E-state index is 5.90. The van der Waals surface area contributed by atoms with E-state index in [0.29, 0.717) is 24.0 Å². The molecule has 1 aromatic carbocycles. The molecule has 4 aromatic rings. The number of rotatable bonds is 4. The molecule has 0 atom stereocenters. The van der Waals surface area contributed by atoms with Crippen LogP contribution in [-0.2, 0) is 6.54 Å². The molecule has 0 aliphatic heterocycles. The van der Waals surface area contributed by atoms with E-state index in [0.717, 1.165) is 22.2 Å². The van der Waals surface area contributed by atoms with Gasteiger partial charge in [-0.1, -0.05) is 23.4 Å². The van der Waals surface area contributed by atoms with Crippen LogP contribution in [0.5, 0.6) is 0 Å². The molecule has 0 saturated carbocycles. The highest BCUT2D eigenvalue weighted by Gasteiger charge is 2.14. The summed E-state index contributed by atoms with van der Waals surface area (Å²) in [7, 11) is 0. The van der Waals surface area contributed by atoms with Crippen molar-refractivity contribution in [2.75, 3.05) is 5.73 Å². The molecular formula is C18H20N8. The fourth-order valence-corrected chi connectivity index (χ4v) is 2.91. The highest BCUT2D eigenvalue weighted by atomic mass is 15.4. The first kappa shape index (κ1) is 16.2. The van der Waals surface area contributed by atoms with Gasteiger partial charge in [0.1, 0.15) is 11.4 Å². The quantitative estimate of drug-likeness (QED) is 0.608. The zero-order chi connectivity index (χ0) is 18.3. The number of nitrogen functional groups attached to an aromatic ring is 1. The lowest BCUT2D eigenvalue weighted by atomic mass is 10.1. The predicted octanol–water partition coefficient (Wildman–Crippen LogP) is 2.60. The van der Waals surface area contributed by atoms with Gasteiger partial charge in [0.05, 0.1) is 24.0 Å². The van der Waals surface area contributed by atoms with Gasteiger partial charge in [-0.05, 0) is 32.4 Å². The second-order valence-electron chi connectivity index (χ2n) is 6.58. The third-order valence-corrected chi connectivity index (χ3v) is 4.24. The Kier molecular flexibility index (Phi) is 3.87. The van der Waals surface area contributed by atoms with E-state index in [1.165, 1.54) is 0 Å². The number of benzene rings is 1. The molecule has 0 bridgehead atoms. The smallest absolute Gasteiger partial charge is 0.221 e. The number of fused-ring (bicyclic) bond motifs is 1. The van der Waals surface area contributed by atoms with Crippen molar-refractivity contribution in [3.8, 4) is 11.4 Å². The predicted molar refractivity (Wildman–Crippen MR) is 99.4 cm³/mol. The van der Waals surface area contributed by atoms with Gasteiger partial charge >= 0.3 is 0 Å². The summed E-state index contributed by atoms with van der Waals surface area (Å²) in [6, 6.07) is 8.27. The standard InChI is InChI=1S/C18H20N8/c1-11(2)26-8-7-13(23-26)9-25-10-15(22-24-25)17-14-6-4-5-12(3)16(14)20-18(19)21-17/h4-8,10-11H,9H2,1-3H3,(H2,19,20,21). The van der Waals surface area contributed by atoms with Gasteiger partial charge in [0.2, 0.25) is 5.95 Å². The zero-order valence-corrected chi connectivity index (χ0v) is 15.0. The minimum Gasteiger partial charge on any atom is -0.368 e. The average Bonchev–Trinajstić information content (AvgIpc) is 3.25. The Morgan fingerprint density at radius 1 is 1.15 bits per heavy atom. The summed E-state index contributed by atoms with van der Waals surface area (Å²) >= 11 is 0. The van der Waals surface area contributed by atoms with Crippen LogP contribution < -0.4 is 5.73 Å². The molecule has 0 radical (unpaired) electrons. The number of hydrogen-bond acceptors (Lipinski definition) is 6. The van der Waals surface area contributed by atoms with Gasteiger partial charge in [-0.2, -0.15) is 5.10 Å². The molecule has 0 aliphatic rings. The number of para-hydroxylation sites is 1. The topological polar surface area (TPSA) is 100 Å². The molecule has 0 unspecified atom stereocenters. The van der Waals surface area contributed by atoms with E-state index >= 15 is 0 Å². The van der Waals surface area contributed by atoms with Gasteiger partial charge in [0.25, 0.3) is 0 Å². The van der Waals surface area contributed by atoms with Crippen molar-refractivity contribution in [2.45, 2.75) is 33.4 Å². The van der Waals surface area contributed by atoms with E-state index < -0.39 is 0 Å². The van der Waals surface area contributed by atoms with E-state index in [-0.39, 0.29) is 5.95 Å². The largest absolute Gasteiger partial charge is 0.368 e. The molecule has 0 aliphatic carbocycles. The van der Waals surface area contributed by atoms with Crippen molar-refractivity contribution in [2.24, 2.45) is 0 Å². The van der Waals surface area contributed by atoms with E-state index in [1.54, 1.807) is 4.68 Å². The number of aryl methyl sites for hydroxylation is 1. The normalized spacial score (nSPS) is 11.5.